The predicted molar refractivity (Wildman–Crippen MR) is 66.8 cm³/mol. The van der Waals surface area contributed by atoms with E-state index in [1.165, 1.54) is 12.3 Å². The Kier molecular flexibility index (Phi) is 4.99. The molecule has 18 heavy (non-hydrogen) atoms. The molecule has 0 spiro atoms. The van der Waals surface area contributed by atoms with E-state index in [9.17, 15) is 13.2 Å². The number of hydrogen-bond acceptors (Lipinski definition) is 2. The summed E-state index contributed by atoms with van der Waals surface area (Å²) in [5.41, 5.74) is -0.0790. The minimum Gasteiger partial charge on any atom is -0.356 e. The minimum atomic E-state index is -4.32. The summed E-state index contributed by atoms with van der Waals surface area (Å²) in [5.74, 6) is 0.0793. The third-order valence-corrected chi connectivity index (χ3v) is 2.71. The van der Waals surface area contributed by atoms with Crippen LogP contribution in [-0.4, -0.2) is 18.1 Å². The first kappa shape index (κ1) is 14.8. The first-order valence-corrected chi connectivity index (χ1v) is 6.27. The molecular formula is C13H19F3N2. The van der Waals surface area contributed by atoms with Crippen LogP contribution in [0.15, 0.2) is 12.3 Å². The standard InChI is InChI=1S/C11H13F3N2.C2H6/c1-8-6-9(11(12,13)14)10(15-7-8)16-4-2-3-5-16;1-2/h6-7H,2-5H2,1H3;1-2H3. The van der Waals surface area contributed by atoms with Crippen molar-refractivity contribution in [2.24, 2.45) is 0 Å². The van der Waals surface area contributed by atoms with Gasteiger partial charge in [-0.1, -0.05) is 13.8 Å². The topological polar surface area (TPSA) is 16.1 Å². The predicted octanol–water partition coefficient (Wildman–Crippen LogP) is 4.04. The van der Waals surface area contributed by atoms with Crippen molar-refractivity contribution in [3.63, 3.8) is 0 Å². The average molecular weight is 260 g/mol. The molecule has 0 bridgehead atoms. The smallest absolute Gasteiger partial charge is 0.356 e. The summed E-state index contributed by atoms with van der Waals surface area (Å²) in [4.78, 5) is 5.64. The maximum Gasteiger partial charge on any atom is 0.419 e. The summed E-state index contributed by atoms with van der Waals surface area (Å²) in [7, 11) is 0. The Hall–Kier alpha value is -1.26. The lowest BCUT2D eigenvalue weighted by molar-refractivity contribution is -0.137. The van der Waals surface area contributed by atoms with Crippen LogP contribution in [0, 0.1) is 6.92 Å². The molecule has 1 aromatic heterocycles. The van der Waals surface area contributed by atoms with E-state index < -0.39 is 11.7 Å². The minimum absolute atomic E-state index is 0.0793. The second-order valence-corrected chi connectivity index (χ2v) is 4.08. The molecule has 102 valence electrons. The molecule has 2 heterocycles. The number of rotatable bonds is 1. The van der Waals surface area contributed by atoms with E-state index >= 15 is 0 Å². The van der Waals surface area contributed by atoms with Crippen molar-refractivity contribution in [3.8, 4) is 0 Å². The maximum atomic E-state index is 12.8. The van der Waals surface area contributed by atoms with Crippen LogP contribution >= 0.6 is 0 Å². The fourth-order valence-electron chi connectivity index (χ4n) is 1.95. The van der Waals surface area contributed by atoms with Crippen LogP contribution in [0.3, 0.4) is 0 Å². The van der Waals surface area contributed by atoms with E-state index in [0.717, 1.165) is 12.8 Å². The summed E-state index contributed by atoms with van der Waals surface area (Å²) in [6.07, 6.45) is -0.959. The van der Waals surface area contributed by atoms with E-state index in [2.05, 4.69) is 4.98 Å². The number of nitrogens with zero attached hydrogens (tertiary/aromatic N) is 2. The molecule has 0 atom stereocenters. The largest absolute Gasteiger partial charge is 0.419 e. The molecule has 1 saturated heterocycles. The summed E-state index contributed by atoms with van der Waals surface area (Å²) in [6.45, 7) is 6.95. The van der Waals surface area contributed by atoms with E-state index in [-0.39, 0.29) is 5.82 Å². The Bertz CT molecular complexity index is 382. The first-order valence-electron chi connectivity index (χ1n) is 6.27. The van der Waals surface area contributed by atoms with Crippen LogP contribution in [0.1, 0.15) is 37.8 Å². The van der Waals surface area contributed by atoms with Gasteiger partial charge in [-0.15, -0.1) is 0 Å². The Morgan fingerprint density at radius 1 is 1.17 bits per heavy atom. The molecule has 0 aromatic carbocycles. The number of anilines is 1. The fourth-order valence-corrected chi connectivity index (χ4v) is 1.95. The Balaban J connectivity index is 0.000000771. The number of hydrogen-bond donors (Lipinski definition) is 0. The lowest BCUT2D eigenvalue weighted by Gasteiger charge is -2.21. The van der Waals surface area contributed by atoms with Crippen molar-refractivity contribution in [1.82, 2.24) is 4.98 Å². The Labute approximate surface area is 106 Å². The highest BCUT2D eigenvalue weighted by molar-refractivity contribution is 5.50. The summed E-state index contributed by atoms with van der Waals surface area (Å²) >= 11 is 0. The van der Waals surface area contributed by atoms with E-state index in [0.29, 0.717) is 18.7 Å². The third-order valence-electron chi connectivity index (χ3n) is 2.71. The maximum absolute atomic E-state index is 12.8. The van der Waals surface area contributed by atoms with Crippen LogP contribution in [0.2, 0.25) is 0 Å². The van der Waals surface area contributed by atoms with Gasteiger partial charge in [-0.05, 0) is 31.4 Å². The summed E-state index contributed by atoms with van der Waals surface area (Å²) in [5, 5.41) is 0. The third kappa shape index (κ3) is 3.37. The van der Waals surface area contributed by atoms with Crippen LogP contribution in [-0.2, 0) is 6.18 Å². The van der Waals surface area contributed by atoms with Gasteiger partial charge in [0.1, 0.15) is 5.82 Å². The molecule has 2 rings (SSSR count). The molecule has 1 fully saturated rings. The SMILES string of the molecule is CC.Cc1cnc(N2CCCC2)c(C(F)(F)F)c1. The molecule has 0 unspecified atom stereocenters. The zero-order valence-electron chi connectivity index (χ0n) is 11.0. The summed E-state index contributed by atoms with van der Waals surface area (Å²) in [6, 6.07) is 1.17. The van der Waals surface area contributed by atoms with Gasteiger partial charge in [-0.3, -0.25) is 0 Å². The second kappa shape index (κ2) is 6.07. The molecule has 1 aliphatic heterocycles. The van der Waals surface area contributed by atoms with Gasteiger partial charge in [0.15, 0.2) is 0 Å². The van der Waals surface area contributed by atoms with E-state index in [1.54, 1.807) is 11.8 Å². The lowest BCUT2D eigenvalue weighted by atomic mass is 10.2. The molecule has 0 N–H and O–H groups in total. The van der Waals surface area contributed by atoms with Gasteiger partial charge in [0, 0.05) is 19.3 Å². The number of alkyl halides is 3. The van der Waals surface area contributed by atoms with Gasteiger partial charge in [-0.25, -0.2) is 4.98 Å². The van der Waals surface area contributed by atoms with Crippen LogP contribution < -0.4 is 4.90 Å². The second-order valence-electron chi connectivity index (χ2n) is 4.08. The van der Waals surface area contributed by atoms with Crippen molar-refractivity contribution >= 4 is 5.82 Å². The number of aryl methyl sites for hydroxylation is 1. The molecule has 2 nitrogen and oxygen atoms in total. The lowest BCUT2D eigenvalue weighted by Crippen LogP contribution is -2.23. The zero-order chi connectivity index (χ0) is 13.8. The monoisotopic (exact) mass is 260 g/mol. The molecule has 0 aliphatic carbocycles. The highest BCUT2D eigenvalue weighted by atomic mass is 19.4. The molecule has 1 aliphatic rings. The van der Waals surface area contributed by atoms with Gasteiger partial charge in [0.2, 0.25) is 0 Å². The van der Waals surface area contributed by atoms with Gasteiger partial charge in [-0.2, -0.15) is 13.2 Å². The summed E-state index contributed by atoms with van der Waals surface area (Å²) < 4.78 is 38.4. The van der Waals surface area contributed by atoms with Gasteiger partial charge >= 0.3 is 6.18 Å². The zero-order valence-corrected chi connectivity index (χ0v) is 11.0. The van der Waals surface area contributed by atoms with Crippen molar-refractivity contribution < 1.29 is 13.2 Å². The highest BCUT2D eigenvalue weighted by Gasteiger charge is 2.36. The number of aromatic nitrogens is 1. The van der Waals surface area contributed by atoms with E-state index in [1.807, 2.05) is 13.8 Å². The van der Waals surface area contributed by atoms with Crippen LogP contribution in [0.25, 0.3) is 0 Å². The number of halogens is 3. The van der Waals surface area contributed by atoms with Crippen molar-refractivity contribution in [3.05, 3.63) is 23.4 Å². The molecule has 0 radical (unpaired) electrons. The number of pyridine rings is 1. The van der Waals surface area contributed by atoms with E-state index in [4.69, 9.17) is 0 Å². The molecule has 0 amide bonds. The average Bonchev–Trinajstić information content (AvgIpc) is 2.84. The van der Waals surface area contributed by atoms with Crippen molar-refractivity contribution in [1.29, 1.82) is 0 Å². The molecule has 0 saturated carbocycles. The van der Waals surface area contributed by atoms with Crippen molar-refractivity contribution in [2.45, 2.75) is 39.8 Å². The van der Waals surface area contributed by atoms with Crippen molar-refractivity contribution in [2.75, 3.05) is 18.0 Å². The van der Waals surface area contributed by atoms with Crippen LogP contribution in [0.5, 0.6) is 0 Å². The van der Waals surface area contributed by atoms with Gasteiger partial charge < -0.3 is 4.90 Å². The van der Waals surface area contributed by atoms with Crippen LogP contribution in [0.4, 0.5) is 19.0 Å². The molecule has 1 aromatic rings. The van der Waals surface area contributed by atoms with Gasteiger partial charge in [0.25, 0.3) is 0 Å². The Morgan fingerprint density at radius 2 is 1.72 bits per heavy atom. The highest BCUT2D eigenvalue weighted by Crippen LogP contribution is 2.36. The quantitative estimate of drug-likeness (QED) is 0.757. The normalized spacial score (nSPS) is 15.3. The molecular weight excluding hydrogens is 241 g/mol. The van der Waals surface area contributed by atoms with Gasteiger partial charge in [0.05, 0.1) is 5.56 Å². The first-order chi connectivity index (χ1) is 8.48. The Morgan fingerprint density at radius 3 is 2.22 bits per heavy atom. The molecule has 5 heteroatoms. The fraction of sp³-hybridized carbons (Fsp3) is 0.615.